The summed E-state index contributed by atoms with van der Waals surface area (Å²) in [4.78, 5) is 4.13. The number of halogens is 1. The molecule has 20 heavy (non-hydrogen) atoms. The van der Waals surface area contributed by atoms with Crippen molar-refractivity contribution >= 4 is 19.7 Å². The molecule has 1 heterocycles. The number of nitrogens with zero attached hydrogens (tertiary/aromatic N) is 2. The Hall–Kier alpha value is -1.33. The van der Waals surface area contributed by atoms with E-state index in [4.69, 9.17) is 10.7 Å². The van der Waals surface area contributed by atoms with Crippen LogP contribution in [0, 0.1) is 6.92 Å². The number of aryl methyl sites for hydroxylation is 2. The summed E-state index contributed by atoms with van der Waals surface area (Å²) >= 11 is 0. The van der Waals surface area contributed by atoms with Gasteiger partial charge in [-0.25, -0.2) is 13.4 Å². The first-order valence-corrected chi connectivity index (χ1v) is 8.77. The van der Waals surface area contributed by atoms with E-state index in [0.717, 1.165) is 24.2 Å². The second-order valence-electron chi connectivity index (χ2n) is 4.80. The molecule has 0 spiro atoms. The summed E-state index contributed by atoms with van der Waals surface area (Å²) in [6, 6.07) is 8.10. The maximum Gasteiger partial charge on any atom is 0.280 e. The zero-order chi connectivity index (χ0) is 14.8. The van der Waals surface area contributed by atoms with Crippen LogP contribution in [0.3, 0.4) is 0 Å². The van der Waals surface area contributed by atoms with E-state index in [9.17, 15) is 8.42 Å². The molecule has 1 aromatic heterocycles. The molecule has 0 saturated heterocycles. The van der Waals surface area contributed by atoms with Gasteiger partial charge >= 0.3 is 0 Å². The Labute approximate surface area is 123 Å². The molecule has 1 aromatic carbocycles. The lowest BCUT2D eigenvalue weighted by molar-refractivity contribution is 0.606. The van der Waals surface area contributed by atoms with Crippen molar-refractivity contribution < 1.29 is 8.42 Å². The number of hydrogen-bond donors (Lipinski definition) is 0. The molecule has 0 radical (unpaired) electrons. The number of benzene rings is 1. The molecule has 0 fully saturated rings. The van der Waals surface area contributed by atoms with Gasteiger partial charge in [0.1, 0.15) is 5.82 Å². The third-order valence-electron chi connectivity index (χ3n) is 3.00. The molecule has 0 N–H and O–H groups in total. The molecule has 0 saturated carbocycles. The van der Waals surface area contributed by atoms with Crippen molar-refractivity contribution in [2.75, 3.05) is 0 Å². The molecule has 0 amide bonds. The van der Waals surface area contributed by atoms with Gasteiger partial charge in [-0.3, -0.25) is 0 Å². The Morgan fingerprint density at radius 1 is 1.35 bits per heavy atom. The number of imidazole rings is 1. The molecular formula is C14H17ClN2O2S. The monoisotopic (exact) mass is 312 g/mol. The lowest BCUT2D eigenvalue weighted by Gasteiger charge is -2.07. The second-order valence-corrected chi connectivity index (χ2v) is 7.31. The molecule has 6 heteroatoms. The summed E-state index contributed by atoms with van der Waals surface area (Å²) in [7, 11) is 1.59. The largest absolute Gasteiger partial charge is 0.329 e. The third-order valence-corrected chi connectivity index (χ3v) is 4.17. The standard InChI is InChI=1S/C14H17ClN2O2S/c1-3-5-13-16-14(20(15,18)19)10-17(13)9-12-7-4-6-11(2)8-12/h4,6-8,10H,3,5,9H2,1-2H3. The maximum absolute atomic E-state index is 11.4. The van der Waals surface area contributed by atoms with Gasteiger partial charge in [-0.05, 0) is 18.9 Å². The van der Waals surface area contributed by atoms with Crippen LogP contribution in [0.2, 0.25) is 0 Å². The van der Waals surface area contributed by atoms with Crippen LogP contribution in [0.25, 0.3) is 0 Å². The van der Waals surface area contributed by atoms with Gasteiger partial charge in [-0.15, -0.1) is 0 Å². The average molecular weight is 313 g/mol. The summed E-state index contributed by atoms with van der Waals surface area (Å²) in [6.45, 7) is 4.65. The highest BCUT2D eigenvalue weighted by Crippen LogP contribution is 2.17. The van der Waals surface area contributed by atoms with Crippen molar-refractivity contribution in [1.29, 1.82) is 0 Å². The van der Waals surface area contributed by atoms with Crippen LogP contribution < -0.4 is 0 Å². The summed E-state index contributed by atoms with van der Waals surface area (Å²) in [6.07, 6.45) is 3.13. The van der Waals surface area contributed by atoms with Crippen molar-refractivity contribution in [3.8, 4) is 0 Å². The molecule has 0 bridgehead atoms. The van der Waals surface area contributed by atoms with Gasteiger partial charge in [0.2, 0.25) is 0 Å². The van der Waals surface area contributed by atoms with Crippen LogP contribution >= 0.6 is 10.7 Å². The summed E-state index contributed by atoms with van der Waals surface area (Å²) < 4.78 is 24.7. The van der Waals surface area contributed by atoms with E-state index in [-0.39, 0.29) is 5.03 Å². The third kappa shape index (κ3) is 3.61. The van der Waals surface area contributed by atoms with Crippen molar-refractivity contribution in [1.82, 2.24) is 9.55 Å². The highest BCUT2D eigenvalue weighted by atomic mass is 35.7. The van der Waals surface area contributed by atoms with E-state index >= 15 is 0 Å². The van der Waals surface area contributed by atoms with Crippen LogP contribution in [0.4, 0.5) is 0 Å². The normalized spacial score (nSPS) is 11.8. The van der Waals surface area contributed by atoms with Gasteiger partial charge in [-0.2, -0.15) is 0 Å². The van der Waals surface area contributed by atoms with Gasteiger partial charge in [0.05, 0.1) is 0 Å². The fraction of sp³-hybridized carbons (Fsp3) is 0.357. The van der Waals surface area contributed by atoms with E-state index in [1.54, 1.807) is 0 Å². The highest BCUT2D eigenvalue weighted by Gasteiger charge is 2.17. The highest BCUT2D eigenvalue weighted by molar-refractivity contribution is 8.13. The zero-order valence-corrected chi connectivity index (χ0v) is 13.1. The first kappa shape index (κ1) is 15.1. The van der Waals surface area contributed by atoms with Gasteiger partial charge in [-0.1, -0.05) is 36.8 Å². The fourth-order valence-corrected chi connectivity index (χ4v) is 2.80. The Morgan fingerprint density at radius 2 is 2.10 bits per heavy atom. The fourth-order valence-electron chi connectivity index (χ4n) is 2.11. The SMILES string of the molecule is CCCc1nc(S(=O)(=O)Cl)cn1Cc1cccc(C)c1. The van der Waals surface area contributed by atoms with Crippen LogP contribution in [-0.4, -0.2) is 18.0 Å². The Kier molecular flexibility index (Phi) is 4.50. The Balaban J connectivity index is 2.37. The molecule has 0 aliphatic heterocycles. The molecule has 0 atom stereocenters. The van der Waals surface area contributed by atoms with Gasteiger partial charge < -0.3 is 4.57 Å². The minimum atomic E-state index is -3.78. The molecule has 0 aliphatic rings. The lowest BCUT2D eigenvalue weighted by Crippen LogP contribution is -2.04. The van der Waals surface area contributed by atoms with Gasteiger partial charge in [0.25, 0.3) is 9.05 Å². The minimum Gasteiger partial charge on any atom is -0.329 e. The number of aromatic nitrogens is 2. The molecule has 0 unspecified atom stereocenters. The zero-order valence-electron chi connectivity index (χ0n) is 11.5. The van der Waals surface area contributed by atoms with E-state index in [1.165, 1.54) is 11.8 Å². The van der Waals surface area contributed by atoms with Gasteiger partial charge in [0, 0.05) is 29.8 Å². The molecule has 0 aliphatic carbocycles. The first-order chi connectivity index (χ1) is 9.40. The number of rotatable bonds is 5. The molecule has 2 aromatic rings. The van der Waals surface area contributed by atoms with Crippen molar-refractivity contribution in [3.63, 3.8) is 0 Å². The van der Waals surface area contributed by atoms with Crippen molar-refractivity contribution in [2.45, 2.75) is 38.3 Å². The Bertz CT molecular complexity index is 708. The van der Waals surface area contributed by atoms with E-state index in [1.807, 2.05) is 36.6 Å². The smallest absolute Gasteiger partial charge is 0.280 e. The molecule has 108 valence electrons. The minimum absolute atomic E-state index is 0.0738. The lowest BCUT2D eigenvalue weighted by atomic mass is 10.1. The van der Waals surface area contributed by atoms with Crippen LogP contribution in [0.15, 0.2) is 35.5 Å². The molecular weight excluding hydrogens is 296 g/mol. The Morgan fingerprint density at radius 3 is 2.70 bits per heavy atom. The van der Waals surface area contributed by atoms with E-state index in [0.29, 0.717) is 6.54 Å². The van der Waals surface area contributed by atoms with Crippen LogP contribution in [0.5, 0.6) is 0 Å². The van der Waals surface area contributed by atoms with E-state index < -0.39 is 9.05 Å². The van der Waals surface area contributed by atoms with Crippen LogP contribution in [0.1, 0.15) is 30.3 Å². The predicted molar refractivity (Wildman–Crippen MR) is 79.5 cm³/mol. The summed E-state index contributed by atoms with van der Waals surface area (Å²) in [5.41, 5.74) is 2.28. The predicted octanol–water partition coefficient (Wildman–Crippen LogP) is 3.12. The van der Waals surface area contributed by atoms with Crippen molar-refractivity contribution in [3.05, 3.63) is 47.4 Å². The van der Waals surface area contributed by atoms with Crippen LogP contribution in [-0.2, 0) is 22.0 Å². The van der Waals surface area contributed by atoms with Gasteiger partial charge in [0.15, 0.2) is 5.03 Å². The summed E-state index contributed by atoms with van der Waals surface area (Å²) in [5, 5.41) is -0.0738. The second kappa shape index (κ2) is 5.97. The first-order valence-electron chi connectivity index (χ1n) is 6.46. The molecule has 2 rings (SSSR count). The number of hydrogen-bond acceptors (Lipinski definition) is 3. The summed E-state index contributed by atoms with van der Waals surface area (Å²) in [5.74, 6) is 0.744. The van der Waals surface area contributed by atoms with E-state index in [2.05, 4.69) is 11.1 Å². The molecule has 4 nitrogen and oxygen atoms in total. The topological polar surface area (TPSA) is 52.0 Å². The quantitative estimate of drug-likeness (QED) is 0.797. The van der Waals surface area contributed by atoms with Crippen molar-refractivity contribution in [2.24, 2.45) is 0 Å². The maximum atomic E-state index is 11.4. The average Bonchev–Trinajstić information content (AvgIpc) is 2.73.